The third kappa shape index (κ3) is 5.99. The molecule has 0 atom stereocenters. The number of piperazine rings is 1. The van der Waals surface area contributed by atoms with Crippen LogP contribution in [-0.4, -0.2) is 70.8 Å². The highest BCUT2D eigenvalue weighted by atomic mass is 32.2. The van der Waals surface area contributed by atoms with E-state index < -0.39 is 16.0 Å². The van der Waals surface area contributed by atoms with E-state index in [4.69, 9.17) is 0 Å². The lowest BCUT2D eigenvalue weighted by atomic mass is 10.3. The lowest BCUT2D eigenvalue weighted by Crippen LogP contribution is -2.49. The summed E-state index contributed by atoms with van der Waals surface area (Å²) >= 11 is 0. The Morgan fingerprint density at radius 1 is 1.32 bits per heavy atom. The van der Waals surface area contributed by atoms with Crippen molar-refractivity contribution in [3.63, 3.8) is 0 Å². The van der Waals surface area contributed by atoms with E-state index in [1.807, 2.05) is 0 Å². The summed E-state index contributed by atoms with van der Waals surface area (Å²) in [5.41, 5.74) is 0. The minimum Gasteiger partial charge on any atom is -0.469 e. The van der Waals surface area contributed by atoms with E-state index in [9.17, 15) is 18.0 Å². The maximum Gasteiger partial charge on any atom is 0.306 e. The molecule has 9 heteroatoms. The van der Waals surface area contributed by atoms with Crippen LogP contribution in [0.5, 0.6) is 0 Å². The molecule has 8 nitrogen and oxygen atoms in total. The predicted molar refractivity (Wildman–Crippen MR) is 67.9 cm³/mol. The third-order valence-electron chi connectivity index (χ3n) is 2.72. The van der Waals surface area contributed by atoms with Crippen LogP contribution in [0.15, 0.2) is 0 Å². The van der Waals surface area contributed by atoms with Gasteiger partial charge >= 0.3 is 5.97 Å². The summed E-state index contributed by atoms with van der Waals surface area (Å²) in [5, 5.41) is 3.10. The summed E-state index contributed by atoms with van der Waals surface area (Å²) in [5.74, 6) is -1.24. The van der Waals surface area contributed by atoms with Crippen LogP contribution in [0.1, 0.15) is 6.42 Å². The third-order valence-corrected chi connectivity index (χ3v) is 4.04. The van der Waals surface area contributed by atoms with E-state index in [1.165, 1.54) is 7.11 Å². The van der Waals surface area contributed by atoms with Crippen molar-refractivity contribution < 1.29 is 22.7 Å². The van der Waals surface area contributed by atoms with Crippen molar-refractivity contribution in [1.82, 2.24) is 14.9 Å². The molecule has 0 aliphatic carbocycles. The number of carbonyl (C=O) groups excluding carboxylic acids is 2. The van der Waals surface area contributed by atoms with Gasteiger partial charge in [0, 0.05) is 26.2 Å². The average Bonchev–Trinajstić information content (AvgIpc) is 2.43. The van der Waals surface area contributed by atoms with Gasteiger partial charge in [0.2, 0.25) is 15.9 Å². The van der Waals surface area contributed by atoms with Crippen LogP contribution in [0.2, 0.25) is 0 Å². The Hall–Kier alpha value is -1.19. The van der Waals surface area contributed by atoms with Gasteiger partial charge in [-0.1, -0.05) is 0 Å². The number of rotatable bonds is 6. The van der Waals surface area contributed by atoms with Crippen LogP contribution in [0.4, 0.5) is 0 Å². The van der Waals surface area contributed by atoms with Crippen molar-refractivity contribution in [3.05, 3.63) is 0 Å². The summed E-state index contributed by atoms with van der Waals surface area (Å²) in [6.45, 7) is 2.29. The van der Waals surface area contributed by atoms with Crippen molar-refractivity contribution >= 4 is 21.9 Å². The lowest BCUT2D eigenvalue weighted by Gasteiger charge is -2.27. The predicted octanol–water partition coefficient (Wildman–Crippen LogP) is -2.10. The molecule has 0 aromatic carbocycles. The summed E-state index contributed by atoms with van der Waals surface area (Å²) in [4.78, 5) is 24.2. The van der Waals surface area contributed by atoms with Crippen LogP contribution in [0.3, 0.4) is 0 Å². The number of hydrogen-bond donors (Lipinski definition) is 2. The molecule has 0 saturated carbocycles. The molecule has 0 spiro atoms. The smallest absolute Gasteiger partial charge is 0.306 e. The topological polar surface area (TPSA) is 105 Å². The highest BCUT2D eigenvalue weighted by Crippen LogP contribution is 1.95. The number of ether oxygens (including phenoxy) is 1. The van der Waals surface area contributed by atoms with Crippen LogP contribution >= 0.6 is 0 Å². The number of hydrogen-bond acceptors (Lipinski definition) is 6. The molecule has 1 aliphatic rings. The van der Waals surface area contributed by atoms with Crippen molar-refractivity contribution in [2.75, 3.05) is 45.6 Å². The molecule has 1 rings (SSSR count). The molecular formula is C10H19N3O5S. The van der Waals surface area contributed by atoms with E-state index in [0.717, 1.165) is 0 Å². The van der Waals surface area contributed by atoms with Gasteiger partial charge in [-0.25, -0.2) is 13.1 Å². The molecule has 19 heavy (non-hydrogen) atoms. The first-order chi connectivity index (χ1) is 8.94. The average molecular weight is 293 g/mol. The molecular weight excluding hydrogens is 274 g/mol. The number of nitrogens with one attached hydrogen (secondary N) is 2. The van der Waals surface area contributed by atoms with Crippen LogP contribution in [0.25, 0.3) is 0 Å². The Morgan fingerprint density at radius 3 is 2.53 bits per heavy atom. The second-order valence-corrected chi connectivity index (χ2v) is 6.02. The normalized spacial score (nSPS) is 16.2. The molecule has 0 aromatic rings. The van der Waals surface area contributed by atoms with Gasteiger partial charge in [0.1, 0.15) is 0 Å². The quantitative estimate of drug-likeness (QED) is 0.544. The number of methoxy groups -OCH3 is 1. The Kier molecular flexibility index (Phi) is 6.19. The maximum atomic E-state index is 11.7. The van der Waals surface area contributed by atoms with Gasteiger partial charge in [0.25, 0.3) is 0 Å². The van der Waals surface area contributed by atoms with Gasteiger partial charge in [0.15, 0.2) is 0 Å². The van der Waals surface area contributed by atoms with Crippen LogP contribution < -0.4 is 10.0 Å². The summed E-state index contributed by atoms with van der Waals surface area (Å²) in [6.07, 6.45) is -0.229. The molecule has 1 fully saturated rings. The van der Waals surface area contributed by atoms with Crippen molar-refractivity contribution in [1.29, 1.82) is 0 Å². The molecule has 2 N–H and O–H groups in total. The van der Waals surface area contributed by atoms with Gasteiger partial charge in [-0.2, -0.15) is 0 Å². The van der Waals surface area contributed by atoms with E-state index in [2.05, 4.69) is 14.8 Å². The van der Waals surface area contributed by atoms with Crippen molar-refractivity contribution in [3.8, 4) is 0 Å². The molecule has 1 aliphatic heterocycles. The van der Waals surface area contributed by atoms with E-state index >= 15 is 0 Å². The van der Waals surface area contributed by atoms with Gasteiger partial charge in [-0.05, 0) is 0 Å². The molecule has 110 valence electrons. The Balaban J connectivity index is 2.33. The molecule has 0 bridgehead atoms. The lowest BCUT2D eigenvalue weighted by molar-refractivity contribution is -0.140. The van der Waals surface area contributed by atoms with Crippen molar-refractivity contribution in [2.45, 2.75) is 6.42 Å². The zero-order chi connectivity index (χ0) is 14.3. The number of sulfonamides is 1. The molecule has 0 radical (unpaired) electrons. The standard InChI is InChI=1S/C10H19N3O5S/c1-18-10(15)2-7-19(16,17)12-8-9(14)13-5-3-11-4-6-13/h11-12H,2-8H2,1H3. The number of amides is 1. The summed E-state index contributed by atoms with van der Waals surface area (Å²) < 4.78 is 29.6. The first-order valence-electron chi connectivity index (χ1n) is 5.97. The number of esters is 1. The largest absolute Gasteiger partial charge is 0.469 e. The second-order valence-electron chi connectivity index (χ2n) is 4.10. The number of carbonyl (C=O) groups is 2. The fourth-order valence-corrected chi connectivity index (χ4v) is 2.51. The Bertz CT molecular complexity index is 417. The molecule has 0 aromatic heterocycles. The fraction of sp³-hybridized carbons (Fsp3) is 0.800. The number of nitrogens with zero attached hydrogens (tertiary/aromatic N) is 1. The van der Waals surface area contributed by atoms with Crippen molar-refractivity contribution in [2.24, 2.45) is 0 Å². The van der Waals surface area contributed by atoms with Gasteiger partial charge in [0.05, 0.1) is 25.8 Å². The molecule has 1 heterocycles. The van der Waals surface area contributed by atoms with E-state index in [-0.39, 0.29) is 24.6 Å². The highest BCUT2D eigenvalue weighted by Gasteiger charge is 2.19. The minimum absolute atomic E-state index is 0.229. The molecule has 1 amide bonds. The second kappa shape index (κ2) is 7.41. The summed E-state index contributed by atoms with van der Waals surface area (Å²) in [6, 6.07) is 0. The monoisotopic (exact) mass is 293 g/mol. The zero-order valence-corrected chi connectivity index (χ0v) is 11.7. The Labute approximate surface area is 112 Å². The zero-order valence-electron chi connectivity index (χ0n) is 10.8. The summed E-state index contributed by atoms with van der Waals surface area (Å²) in [7, 11) is -2.44. The molecule has 1 saturated heterocycles. The maximum absolute atomic E-state index is 11.7. The fourth-order valence-electron chi connectivity index (χ4n) is 1.59. The minimum atomic E-state index is -3.63. The SMILES string of the molecule is COC(=O)CCS(=O)(=O)NCC(=O)N1CCNCC1. The van der Waals surface area contributed by atoms with E-state index in [1.54, 1.807) is 4.90 Å². The van der Waals surface area contributed by atoms with Gasteiger partial charge < -0.3 is 15.0 Å². The van der Waals surface area contributed by atoms with E-state index in [0.29, 0.717) is 26.2 Å². The van der Waals surface area contributed by atoms with Gasteiger partial charge in [-0.3, -0.25) is 9.59 Å². The van der Waals surface area contributed by atoms with Crippen LogP contribution in [0, 0.1) is 0 Å². The molecule has 0 unspecified atom stereocenters. The van der Waals surface area contributed by atoms with Crippen LogP contribution in [-0.2, 0) is 24.3 Å². The first-order valence-corrected chi connectivity index (χ1v) is 7.62. The Morgan fingerprint density at radius 2 is 1.95 bits per heavy atom. The van der Waals surface area contributed by atoms with Gasteiger partial charge in [-0.15, -0.1) is 0 Å². The highest BCUT2D eigenvalue weighted by molar-refractivity contribution is 7.89. The first kappa shape index (κ1) is 15.9.